The van der Waals surface area contributed by atoms with Crippen LogP contribution in [0.2, 0.25) is 0 Å². The Morgan fingerprint density at radius 3 is 2.94 bits per heavy atom. The van der Waals surface area contributed by atoms with Gasteiger partial charge in [0.05, 0.1) is 11.1 Å². The average Bonchev–Trinajstić information content (AvgIpc) is 2.71. The summed E-state index contributed by atoms with van der Waals surface area (Å²) in [5.74, 6) is 1.34. The van der Waals surface area contributed by atoms with Crippen LogP contribution < -0.4 is 5.73 Å². The second kappa shape index (κ2) is 5.41. The second-order valence-electron chi connectivity index (χ2n) is 3.86. The summed E-state index contributed by atoms with van der Waals surface area (Å²) in [6.45, 7) is 0. The van der Waals surface area contributed by atoms with Gasteiger partial charge in [0.1, 0.15) is 20.5 Å². The van der Waals surface area contributed by atoms with Gasteiger partial charge in [-0.15, -0.1) is 11.3 Å². The third-order valence-electron chi connectivity index (χ3n) is 2.22. The van der Waals surface area contributed by atoms with Crippen molar-refractivity contribution in [3.05, 3.63) is 11.4 Å². The van der Waals surface area contributed by atoms with E-state index in [1.54, 1.807) is 0 Å². The monoisotopic (exact) mass is 303 g/mol. The molecule has 0 amide bonds. The lowest BCUT2D eigenvalue weighted by atomic mass is 10.4. The number of nitrogen functional groups attached to an aromatic ring is 1. The van der Waals surface area contributed by atoms with Crippen LogP contribution in [0, 0.1) is 0 Å². The number of sulfone groups is 1. The molecule has 2 aromatic rings. The molecule has 2 N–H and O–H groups in total. The van der Waals surface area contributed by atoms with Gasteiger partial charge in [0, 0.05) is 12.0 Å². The van der Waals surface area contributed by atoms with E-state index < -0.39 is 9.84 Å². The van der Waals surface area contributed by atoms with Crippen LogP contribution in [-0.2, 0) is 9.84 Å². The Labute approximate surface area is 114 Å². The highest BCUT2D eigenvalue weighted by atomic mass is 32.2. The molecule has 0 saturated carbocycles. The minimum Gasteiger partial charge on any atom is -0.383 e. The number of nitrogens with zero attached hydrogens (tertiary/aromatic N) is 2. The average molecular weight is 303 g/mol. The summed E-state index contributed by atoms with van der Waals surface area (Å²) < 4.78 is 22.0. The lowest BCUT2D eigenvalue weighted by Crippen LogP contribution is -2.04. The molecule has 0 atom stereocenters. The van der Waals surface area contributed by atoms with Gasteiger partial charge in [-0.1, -0.05) is 11.8 Å². The fourth-order valence-corrected chi connectivity index (χ4v) is 3.88. The quantitative estimate of drug-likeness (QED) is 0.515. The predicted molar refractivity (Wildman–Crippen MR) is 76.9 cm³/mol. The highest BCUT2D eigenvalue weighted by molar-refractivity contribution is 7.99. The number of nitrogens with two attached hydrogens (primary N) is 1. The van der Waals surface area contributed by atoms with E-state index in [0.29, 0.717) is 23.1 Å². The van der Waals surface area contributed by atoms with E-state index in [4.69, 9.17) is 5.73 Å². The molecule has 0 unspecified atom stereocenters. The molecule has 0 spiro atoms. The van der Waals surface area contributed by atoms with Crippen LogP contribution in [0.15, 0.2) is 16.6 Å². The van der Waals surface area contributed by atoms with Crippen LogP contribution in [0.5, 0.6) is 0 Å². The van der Waals surface area contributed by atoms with Gasteiger partial charge in [-0.25, -0.2) is 18.4 Å². The molecule has 18 heavy (non-hydrogen) atoms. The number of fused-ring (bicyclic) bond motifs is 1. The molecule has 0 radical (unpaired) electrons. The molecule has 2 heterocycles. The normalized spacial score (nSPS) is 12.1. The van der Waals surface area contributed by atoms with Crippen molar-refractivity contribution in [3.63, 3.8) is 0 Å². The zero-order valence-corrected chi connectivity index (χ0v) is 12.2. The molecule has 0 aromatic carbocycles. The summed E-state index contributed by atoms with van der Waals surface area (Å²) in [5, 5.41) is 3.41. The lowest BCUT2D eigenvalue weighted by Gasteiger charge is -2.02. The fourth-order valence-electron chi connectivity index (χ4n) is 1.41. The summed E-state index contributed by atoms with van der Waals surface area (Å²) in [4.78, 5) is 9.43. The first kappa shape index (κ1) is 13.6. The molecule has 0 fully saturated rings. The van der Waals surface area contributed by atoms with Gasteiger partial charge in [-0.3, -0.25) is 0 Å². The topological polar surface area (TPSA) is 85.9 Å². The smallest absolute Gasteiger partial charge is 0.190 e. The van der Waals surface area contributed by atoms with Crippen LogP contribution in [-0.4, -0.2) is 36.1 Å². The predicted octanol–water partition coefficient (Wildman–Crippen LogP) is 1.80. The van der Waals surface area contributed by atoms with Crippen molar-refractivity contribution in [1.29, 1.82) is 0 Å². The summed E-state index contributed by atoms with van der Waals surface area (Å²) in [5.41, 5.74) is 5.82. The van der Waals surface area contributed by atoms with E-state index >= 15 is 0 Å². The molecule has 0 aliphatic carbocycles. The third kappa shape index (κ3) is 3.56. The van der Waals surface area contributed by atoms with Crippen molar-refractivity contribution >= 4 is 49.0 Å². The maximum absolute atomic E-state index is 11.0. The Morgan fingerprint density at radius 2 is 2.22 bits per heavy atom. The SMILES string of the molecule is CS(=O)(=O)CCCSc1nc(N)c2ccsc2n1. The number of hydrogen-bond acceptors (Lipinski definition) is 7. The van der Waals surface area contributed by atoms with Crippen molar-refractivity contribution < 1.29 is 8.42 Å². The molecule has 0 saturated heterocycles. The maximum Gasteiger partial charge on any atom is 0.190 e. The van der Waals surface area contributed by atoms with Crippen LogP contribution in [0.1, 0.15) is 6.42 Å². The summed E-state index contributed by atoms with van der Waals surface area (Å²) in [6, 6.07) is 1.90. The van der Waals surface area contributed by atoms with Crippen molar-refractivity contribution in [2.75, 3.05) is 23.5 Å². The standard InChI is InChI=1S/C10H13N3O2S3/c1-18(14,15)6-2-4-17-10-12-8(11)7-3-5-16-9(7)13-10/h3,5H,2,4,6H2,1H3,(H2,11,12,13). The fraction of sp³-hybridized carbons (Fsp3) is 0.400. The minimum absolute atomic E-state index is 0.191. The molecular weight excluding hydrogens is 290 g/mol. The highest BCUT2D eigenvalue weighted by Gasteiger charge is 2.07. The molecule has 0 aliphatic rings. The Hall–Kier alpha value is -0.860. The van der Waals surface area contributed by atoms with E-state index in [0.717, 1.165) is 10.2 Å². The number of rotatable bonds is 5. The Bertz CT molecular complexity index is 651. The van der Waals surface area contributed by atoms with Crippen molar-refractivity contribution in [3.8, 4) is 0 Å². The van der Waals surface area contributed by atoms with Gasteiger partial charge in [-0.05, 0) is 17.9 Å². The van der Waals surface area contributed by atoms with E-state index in [9.17, 15) is 8.42 Å². The van der Waals surface area contributed by atoms with Crippen LogP contribution in [0.3, 0.4) is 0 Å². The molecule has 5 nitrogen and oxygen atoms in total. The van der Waals surface area contributed by atoms with Crippen LogP contribution in [0.25, 0.3) is 10.2 Å². The van der Waals surface area contributed by atoms with Gasteiger partial charge in [-0.2, -0.15) is 0 Å². The molecular formula is C10H13N3O2S3. The van der Waals surface area contributed by atoms with Crippen molar-refractivity contribution in [2.24, 2.45) is 0 Å². The summed E-state index contributed by atoms with van der Waals surface area (Å²) in [7, 11) is -2.89. The number of thiophene rings is 1. The van der Waals surface area contributed by atoms with Crippen molar-refractivity contribution in [2.45, 2.75) is 11.6 Å². The molecule has 2 aromatic heterocycles. The number of aromatic nitrogens is 2. The molecule has 98 valence electrons. The largest absolute Gasteiger partial charge is 0.383 e. The first-order chi connectivity index (χ1) is 8.46. The van der Waals surface area contributed by atoms with E-state index in [1.165, 1.54) is 29.4 Å². The lowest BCUT2D eigenvalue weighted by molar-refractivity contribution is 0.600. The second-order valence-corrected chi connectivity index (χ2v) is 8.08. The van der Waals surface area contributed by atoms with Crippen molar-refractivity contribution in [1.82, 2.24) is 9.97 Å². The zero-order chi connectivity index (χ0) is 13.2. The highest BCUT2D eigenvalue weighted by Crippen LogP contribution is 2.26. The number of anilines is 1. The molecule has 0 bridgehead atoms. The molecule has 2 rings (SSSR count). The summed E-state index contributed by atoms with van der Waals surface area (Å²) >= 11 is 2.95. The first-order valence-electron chi connectivity index (χ1n) is 5.27. The van der Waals surface area contributed by atoms with Gasteiger partial charge >= 0.3 is 0 Å². The van der Waals surface area contributed by atoms with E-state index in [-0.39, 0.29) is 5.75 Å². The zero-order valence-electron chi connectivity index (χ0n) is 9.79. The Kier molecular flexibility index (Phi) is 4.08. The minimum atomic E-state index is -2.89. The van der Waals surface area contributed by atoms with E-state index in [2.05, 4.69) is 9.97 Å². The number of hydrogen-bond donors (Lipinski definition) is 1. The van der Waals surface area contributed by atoms with Gasteiger partial charge < -0.3 is 5.73 Å². The third-order valence-corrected chi connectivity index (χ3v) is 5.00. The van der Waals surface area contributed by atoms with Crippen LogP contribution in [0.4, 0.5) is 5.82 Å². The van der Waals surface area contributed by atoms with Crippen LogP contribution >= 0.6 is 23.1 Å². The van der Waals surface area contributed by atoms with Gasteiger partial charge in [0.2, 0.25) is 0 Å². The summed E-state index contributed by atoms with van der Waals surface area (Å²) in [6.07, 6.45) is 1.83. The Morgan fingerprint density at radius 1 is 1.44 bits per heavy atom. The van der Waals surface area contributed by atoms with Gasteiger partial charge in [0.15, 0.2) is 5.16 Å². The first-order valence-corrected chi connectivity index (χ1v) is 9.19. The molecule has 0 aliphatic heterocycles. The Balaban J connectivity index is 1.99. The number of thioether (sulfide) groups is 1. The van der Waals surface area contributed by atoms with Gasteiger partial charge in [0.25, 0.3) is 0 Å². The van der Waals surface area contributed by atoms with E-state index in [1.807, 2.05) is 11.4 Å². The molecule has 8 heteroatoms. The maximum atomic E-state index is 11.0.